The number of benzene rings is 1. The lowest BCUT2D eigenvalue weighted by Gasteiger charge is -2.13. The van der Waals surface area contributed by atoms with Crippen molar-refractivity contribution in [2.75, 3.05) is 0 Å². The highest BCUT2D eigenvalue weighted by molar-refractivity contribution is 9.10. The number of aromatic nitrogens is 2. The zero-order valence-corrected chi connectivity index (χ0v) is 13.6. The van der Waals surface area contributed by atoms with Gasteiger partial charge >= 0.3 is 0 Å². The van der Waals surface area contributed by atoms with Crippen molar-refractivity contribution in [2.24, 2.45) is 0 Å². The van der Waals surface area contributed by atoms with Gasteiger partial charge in [0, 0.05) is 25.6 Å². The monoisotopic (exact) mass is 333 g/mol. The molecule has 0 spiro atoms. The van der Waals surface area contributed by atoms with Crippen LogP contribution in [0.1, 0.15) is 42.4 Å². The molecule has 0 fully saturated rings. The molecule has 0 saturated carbocycles. The Morgan fingerprint density at radius 3 is 2.90 bits per heavy atom. The van der Waals surface area contributed by atoms with Crippen molar-refractivity contribution in [3.05, 3.63) is 51.3 Å². The van der Waals surface area contributed by atoms with Gasteiger partial charge < -0.3 is 5.32 Å². The fourth-order valence-corrected chi connectivity index (χ4v) is 3.69. The zero-order valence-electron chi connectivity index (χ0n) is 12.0. The number of nitrogens with one attached hydrogen (secondary N) is 1. The molecule has 3 nitrogen and oxygen atoms in total. The minimum absolute atomic E-state index is 0.397. The molecule has 106 valence electrons. The third-order valence-corrected chi connectivity index (χ3v) is 4.98. The molecule has 4 heteroatoms. The van der Waals surface area contributed by atoms with Gasteiger partial charge in [-0.3, -0.25) is 4.68 Å². The molecule has 0 saturated heterocycles. The van der Waals surface area contributed by atoms with Crippen LogP contribution >= 0.6 is 15.9 Å². The SMILES string of the molecule is CCc1nn(CC)c(CC2NCc3ccccc32)c1Br. The Labute approximate surface area is 128 Å². The van der Waals surface area contributed by atoms with Crippen LogP contribution in [0.25, 0.3) is 0 Å². The Morgan fingerprint density at radius 1 is 1.35 bits per heavy atom. The summed E-state index contributed by atoms with van der Waals surface area (Å²) in [4.78, 5) is 0. The predicted octanol–water partition coefficient (Wildman–Crippen LogP) is 3.61. The molecule has 1 aliphatic heterocycles. The normalized spacial score (nSPS) is 17.4. The third-order valence-electron chi connectivity index (χ3n) is 4.06. The number of aryl methyl sites for hydroxylation is 2. The summed E-state index contributed by atoms with van der Waals surface area (Å²) in [6.07, 6.45) is 1.95. The number of halogens is 1. The molecule has 0 aliphatic carbocycles. The Bertz CT molecular complexity index is 618. The lowest BCUT2D eigenvalue weighted by Crippen LogP contribution is -2.17. The lowest BCUT2D eigenvalue weighted by atomic mass is 10.0. The highest BCUT2D eigenvalue weighted by atomic mass is 79.9. The minimum Gasteiger partial charge on any atom is -0.305 e. The quantitative estimate of drug-likeness (QED) is 0.926. The summed E-state index contributed by atoms with van der Waals surface area (Å²) in [6, 6.07) is 9.09. The fourth-order valence-electron chi connectivity index (χ4n) is 2.97. The van der Waals surface area contributed by atoms with Gasteiger partial charge in [-0.05, 0) is 40.4 Å². The van der Waals surface area contributed by atoms with Crippen LogP contribution in [-0.4, -0.2) is 9.78 Å². The second-order valence-corrected chi connectivity index (χ2v) is 6.01. The molecular weight excluding hydrogens is 314 g/mol. The molecule has 0 radical (unpaired) electrons. The summed E-state index contributed by atoms with van der Waals surface area (Å²) in [5.41, 5.74) is 5.32. The van der Waals surface area contributed by atoms with E-state index in [1.807, 2.05) is 0 Å². The van der Waals surface area contributed by atoms with Crippen LogP contribution < -0.4 is 5.32 Å². The maximum atomic E-state index is 4.69. The zero-order chi connectivity index (χ0) is 14.1. The summed E-state index contributed by atoms with van der Waals surface area (Å²) in [6.45, 7) is 6.19. The van der Waals surface area contributed by atoms with Gasteiger partial charge in [0.15, 0.2) is 0 Å². The van der Waals surface area contributed by atoms with E-state index in [2.05, 4.69) is 69.1 Å². The van der Waals surface area contributed by atoms with Crippen LogP contribution in [-0.2, 0) is 25.9 Å². The topological polar surface area (TPSA) is 29.9 Å². The van der Waals surface area contributed by atoms with Crippen molar-refractivity contribution >= 4 is 15.9 Å². The molecule has 1 aromatic carbocycles. The van der Waals surface area contributed by atoms with Gasteiger partial charge in [0.05, 0.1) is 15.9 Å². The van der Waals surface area contributed by atoms with E-state index in [4.69, 9.17) is 0 Å². The molecule has 1 unspecified atom stereocenters. The van der Waals surface area contributed by atoms with E-state index in [9.17, 15) is 0 Å². The van der Waals surface area contributed by atoms with Crippen molar-refractivity contribution in [3.63, 3.8) is 0 Å². The van der Waals surface area contributed by atoms with Crippen molar-refractivity contribution in [3.8, 4) is 0 Å². The summed E-state index contributed by atoms with van der Waals surface area (Å²) >= 11 is 3.74. The van der Waals surface area contributed by atoms with E-state index in [0.717, 1.165) is 31.6 Å². The molecule has 1 atom stereocenters. The van der Waals surface area contributed by atoms with Gasteiger partial charge in [-0.25, -0.2) is 0 Å². The third kappa shape index (κ3) is 2.31. The molecule has 1 aliphatic rings. The molecule has 2 heterocycles. The van der Waals surface area contributed by atoms with Crippen LogP contribution in [0.15, 0.2) is 28.7 Å². The average molecular weight is 334 g/mol. The van der Waals surface area contributed by atoms with E-state index in [1.165, 1.54) is 21.3 Å². The van der Waals surface area contributed by atoms with Crippen LogP contribution in [0.3, 0.4) is 0 Å². The van der Waals surface area contributed by atoms with Gasteiger partial charge in [0.1, 0.15) is 0 Å². The molecule has 20 heavy (non-hydrogen) atoms. The molecule has 0 bridgehead atoms. The van der Waals surface area contributed by atoms with Crippen molar-refractivity contribution in [1.82, 2.24) is 15.1 Å². The molecule has 1 N–H and O–H groups in total. The Kier molecular flexibility index (Phi) is 3.94. The number of nitrogens with zero attached hydrogens (tertiary/aromatic N) is 2. The molecule has 1 aromatic heterocycles. The Balaban J connectivity index is 1.91. The molecule has 0 amide bonds. The maximum absolute atomic E-state index is 4.69. The predicted molar refractivity (Wildman–Crippen MR) is 84.7 cm³/mol. The van der Waals surface area contributed by atoms with E-state index >= 15 is 0 Å². The first-order chi connectivity index (χ1) is 9.74. The van der Waals surface area contributed by atoms with Gasteiger partial charge in [0.2, 0.25) is 0 Å². The number of rotatable bonds is 4. The van der Waals surface area contributed by atoms with Gasteiger partial charge in [0.25, 0.3) is 0 Å². The van der Waals surface area contributed by atoms with E-state index in [0.29, 0.717) is 6.04 Å². The summed E-state index contributed by atoms with van der Waals surface area (Å²) < 4.78 is 3.32. The fraction of sp³-hybridized carbons (Fsp3) is 0.438. The van der Waals surface area contributed by atoms with Crippen LogP contribution in [0.2, 0.25) is 0 Å². The number of hydrogen-bond donors (Lipinski definition) is 1. The van der Waals surface area contributed by atoms with E-state index in [-0.39, 0.29) is 0 Å². The Morgan fingerprint density at radius 2 is 2.15 bits per heavy atom. The van der Waals surface area contributed by atoms with Crippen molar-refractivity contribution < 1.29 is 0 Å². The van der Waals surface area contributed by atoms with E-state index in [1.54, 1.807) is 0 Å². The van der Waals surface area contributed by atoms with Gasteiger partial charge in [-0.1, -0.05) is 31.2 Å². The van der Waals surface area contributed by atoms with Crippen LogP contribution in [0, 0.1) is 0 Å². The van der Waals surface area contributed by atoms with Crippen molar-refractivity contribution in [2.45, 2.75) is 45.8 Å². The number of fused-ring (bicyclic) bond motifs is 1. The second-order valence-electron chi connectivity index (χ2n) is 5.21. The summed E-state index contributed by atoms with van der Waals surface area (Å²) in [5.74, 6) is 0. The van der Waals surface area contributed by atoms with Gasteiger partial charge in [-0.2, -0.15) is 5.10 Å². The summed E-state index contributed by atoms with van der Waals surface area (Å²) in [5, 5.41) is 8.30. The van der Waals surface area contributed by atoms with Crippen LogP contribution in [0.5, 0.6) is 0 Å². The van der Waals surface area contributed by atoms with Crippen LogP contribution in [0.4, 0.5) is 0 Å². The number of hydrogen-bond acceptors (Lipinski definition) is 2. The average Bonchev–Trinajstić information content (AvgIpc) is 3.02. The summed E-state index contributed by atoms with van der Waals surface area (Å²) in [7, 11) is 0. The smallest absolute Gasteiger partial charge is 0.0766 e. The molecular formula is C16H20BrN3. The first kappa shape index (κ1) is 13.8. The van der Waals surface area contributed by atoms with Crippen molar-refractivity contribution in [1.29, 1.82) is 0 Å². The lowest BCUT2D eigenvalue weighted by molar-refractivity contribution is 0.535. The second kappa shape index (κ2) is 5.70. The maximum Gasteiger partial charge on any atom is 0.0766 e. The first-order valence-electron chi connectivity index (χ1n) is 7.29. The minimum atomic E-state index is 0.397. The van der Waals surface area contributed by atoms with Gasteiger partial charge in [-0.15, -0.1) is 0 Å². The van der Waals surface area contributed by atoms with E-state index < -0.39 is 0 Å². The largest absolute Gasteiger partial charge is 0.305 e. The highest BCUT2D eigenvalue weighted by Crippen LogP contribution is 2.31. The standard InChI is InChI=1S/C16H20BrN3/c1-3-13-16(17)15(20(4-2)19-13)9-14-12-8-6-5-7-11(12)10-18-14/h5-8,14,18H,3-4,9-10H2,1-2H3. The first-order valence-corrected chi connectivity index (χ1v) is 8.09. The molecule has 2 aromatic rings. The highest BCUT2D eigenvalue weighted by Gasteiger charge is 2.24. The molecule has 3 rings (SSSR count). The Hall–Kier alpha value is -1.13.